The molecule has 2 aliphatic rings. The van der Waals surface area contributed by atoms with Crippen LogP contribution >= 0.6 is 38.3 Å². The molecule has 2 aliphatic heterocycles. The highest BCUT2D eigenvalue weighted by Crippen LogP contribution is 2.34. The molecule has 2 aromatic heterocycles. The minimum Gasteiger partial charge on any atom is -0.444 e. The SMILES string of the molecule is Cc1ccc2cc(-c3cnc([C@@H]4CCCN4C(=O)OC(C)(C)C)[nH]3)ccc2c1.Cc1ccc2nc(CC[C@@H]3CCCN3C(=O)OC(C)(C)C)sc2c1.S.S. The van der Waals surface area contributed by atoms with Gasteiger partial charge in [-0.3, -0.25) is 4.90 Å². The van der Waals surface area contributed by atoms with Gasteiger partial charge in [0.1, 0.15) is 17.0 Å². The molecule has 0 aliphatic carbocycles. The van der Waals surface area contributed by atoms with Crippen molar-refractivity contribution in [3.63, 3.8) is 0 Å². The lowest BCUT2D eigenvalue weighted by Gasteiger charge is -2.28. The van der Waals surface area contributed by atoms with Gasteiger partial charge in [0.2, 0.25) is 0 Å². The first kappa shape index (κ1) is 43.0. The van der Waals surface area contributed by atoms with Gasteiger partial charge < -0.3 is 19.4 Å². The van der Waals surface area contributed by atoms with E-state index in [-0.39, 0.29) is 51.3 Å². The zero-order chi connectivity index (χ0) is 37.2. The number of aromatic amines is 1. The first-order valence-corrected chi connectivity index (χ1v) is 19.3. The van der Waals surface area contributed by atoms with E-state index in [0.29, 0.717) is 6.54 Å². The largest absolute Gasteiger partial charge is 0.444 e. The third-order valence-corrected chi connectivity index (χ3v) is 10.5. The summed E-state index contributed by atoms with van der Waals surface area (Å²) >= 11 is 1.77. The van der Waals surface area contributed by atoms with Crippen LogP contribution in [-0.4, -0.2) is 67.3 Å². The quantitative estimate of drug-likeness (QED) is 0.190. The first-order chi connectivity index (χ1) is 24.6. The molecular formula is C42H57N5O4S3. The van der Waals surface area contributed by atoms with Crippen LogP contribution in [-0.2, 0) is 15.9 Å². The van der Waals surface area contributed by atoms with Crippen LogP contribution in [0.4, 0.5) is 9.59 Å². The predicted molar refractivity (Wildman–Crippen MR) is 231 cm³/mol. The highest BCUT2D eigenvalue weighted by atomic mass is 32.1. The number of imidazole rings is 1. The number of H-pyrrole nitrogens is 1. The number of hydrogen-bond acceptors (Lipinski definition) is 7. The maximum Gasteiger partial charge on any atom is 0.410 e. The molecule has 5 aromatic rings. The Kier molecular flexibility index (Phi) is 14.2. The number of thiazole rings is 1. The van der Waals surface area contributed by atoms with Gasteiger partial charge in [-0.2, -0.15) is 27.0 Å². The molecule has 4 heterocycles. The molecule has 2 atom stereocenters. The van der Waals surface area contributed by atoms with Gasteiger partial charge in [-0.25, -0.2) is 19.6 Å². The Morgan fingerprint density at radius 1 is 0.815 bits per heavy atom. The van der Waals surface area contributed by atoms with Crippen LogP contribution in [0.3, 0.4) is 0 Å². The fourth-order valence-electron chi connectivity index (χ4n) is 6.95. The molecule has 2 saturated heterocycles. The summed E-state index contributed by atoms with van der Waals surface area (Å²) in [6, 6.07) is 19.5. The van der Waals surface area contributed by atoms with Gasteiger partial charge in [-0.05, 0) is 122 Å². The number of carbonyl (C=O) groups excluding carboxylic acids is 2. The standard InChI is InChI=1S/C23H27N3O2.C19H26N2O2S.2H2S/c1-15-7-8-17-13-18(10-9-16(17)12-15)19-14-24-21(25-19)20-6-5-11-26(20)22(27)28-23(2,3)4;1-13-7-9-15-16(12-13)24-17(20-15)10-8-14-6-5-11-21(14)18(22)23-19(2,3)4;;/h7-10,12-14,20H,5-6,11H2,1-4H3,(H,24,25);7,9,12,14H,5-6,8,10-11H2,1-4H3;2*1H2/t20-;14-;;/m00../s1. The number of likely N-dealkylation sites (tertiary alicyclic amines) is 2. The summed E-state index contributed by atoms with van der Waals surface area (Å²) in [5, 5.41) is 3.59. The number of hydrogen-bond donors (Lipinski definition) is 1. The van der Waals surface area contributed by atoms with Crippen molar-refractivity contribution < 1.29 is 19.1 Å². The molecule has 12 heteroatoms. The van der Waals surface area contributed by atoms with Crippen molar-refractivity contribution >= 4 is 71.5 Å². The number of carbonyl (C=O) groups is 2. The fourth-order valence-corrected chi connectivity index (χ4v) is 8.03. The third-order valence-electron chi connectivity index (χ3n) is 9.38. The summed E-state index contributed by atoms with van der Waals surface area (Å²) in [5.74, 6) is 0.822. The van der Waals surface area contributed by atoms with E-state index in [4.69, 9.17) is 14.5 Å². The number of rotatable bonds is 5. The van der Waals surface area contributed by atoms with E-state index in [9.17, 15) is 9.59 Å². The normalized spacial score (nSPS) is 17.1. The Morgan fingerprint density at radius 2 is 1.43 bits per heavy atom. The Balaban J connectivity index is 0.000000235. The molecule has 292 valence electrons. The van der Waals surface area contributed by atoms with Crippen molar-refractivity contribution in [2.75, 3.05) is 13.1 Å². The number of benzene rings is 3. The molecule has 2 fully saturated rings. The Hall–Kier alpha value is -3.74. The number of aromatic nitrogens is 3. The lowest BCUT2D eigenvalue weighted by Crippen LogP contribution is -2.40. The number of nitrogens with zero attached hydrogens (tertiary/aromatic N) is 4. The van der Waals surface area contributed by atoms with Gasteiger partial charge in [0.25, 0.3) is 0 Å². The van der Waals surface area contributed by atoms with E-state index < -0.39 is 11.2 Å². The number of fused-ring (bicyclic) bond motifs is 2. The molecule has 1 N–H and O–H groups in total. The Bertz CT molecular complexity index is 2050. The summed E-state index contributed by atoms with van der Waals surface area (Å²) in [6.07, 6.45) is 7.25. The molecule has 7 rings (SSSR count). The van der Waals surface area contributed by atoms with Gasteiger partial charge in [0, 0.05) is 31.1 Å². The molecule has 2 amide bonds. The fraction of sp³-hybridized carbons (Fsp3) is 0.476. The van der Waals surface area contributed by atoms with Crippen LogP contribution in [0.15, 0.2) is 60.8 Å². The van der Waals surface area contributed by atoms with Crippen LogP contribution < -0.4 is 0 Å². The van der Waals surface area contributed by atoms with Crippen molar-refractivity contribution in [2.24, 2.45) is 0 Å². The highest BCUT2D eigenvalue weighted by Gasteiger charge is 2.35. The zero-order valence-corrected chi connectivity index (χ0v) is 35.7. The molecule has 0 unspecified atom stereocenters. The van der Waals surface area contributed by atoms with Crippen molar-refractivity contribution in [3.05, 3.63) is 82.8 Å². The van der Waals surface area contributed by atoms with Gasteiger partial charge >= 0.3 is 12.2 Å². The van der Waals surface area contributed by atoms with Gasteiger partial charge in [0.05, 0.1) is 33.2 Å². The topological polar surface area (TPSA) is 101 Å². The molecule has 9 nitrogen and oxygen atoms in total. The van der Waals surface area contributed by atoms with Crippen molar-refractivity contribution in [1.82, 2.24) is 24.8 Å². The lowest BCUT2D eigenvalue weighted by molar-refractivity contribution is 0.0209. The molecule has 0 radical (unpaired) electrons. The van der Waals surface area contributed by atoms with Gasteiger partial charge in [0.15, 0.2) is 0 Å². The number of amides is 2. The van der Waals surface area contributed by atoms with Crippen LogP contribution in [0, 0.1) is 13.8 Å². The summed E-state index contributed by atoms with van der Waals surface area (Å²) < 4.78 is 12.4. The molecule has 54 heavy (non-hydrogen) atoms. The summed E-state index contributed by atoms with van der Waals surface area (Å²) in [6.45, 7) is 17.1. The molecule has 0 bridgehead atoms. The van der Waals surface area contributed by atoms with E-state index in [0.717, 1.165) is 72.7 Å². The monoisotopic (exact) mass is 791 g/mol. The van der Waals surface area contributed by atoms with Crippen LogP contribution in [0.1, 0.15) is 102 Å². The minimum atomic E-state index is -0.498. The molecule has 0 spiro atoms. The minimum absolute atomic E-state index is 0. The lowest BCUT2D eigenvalue weighted by atomic mass is 10.0. The maximum absolute atomic E-state index is 12.6. The molecule has 3 aromatic carbocycles. The second-order valence-corrected chi connectivity index (χ2v) is 17.3. The average Bonchev–Trinajstić information content (AvgIpc) is 3.88. The number of ether oxygens (including phenoxy) is 2. The third kappa shape index (κ3) is 10.9. The van der Waals surface area contributed by atoms with E-state index in [1.807, 2.05) is 52.6 Å². The highest BCUT2D eigenvalue weighted by molar-refractivity contribution is 7.59. The zero-order valence-electron chi connectivity index (χ0n) is 32.9. The van der Waals surface area contributed by atoms with Crippen LogP contribution in [0.25, 0.3) is 32.2 Å². The van der Waals surface area contributed by atoms with Crippen molar-refractivity contribution in [3.8, 4) is 11.3 Å². The van der Waals surface area contributed by atoms with Crippen molar-refractivity contribution in [1.29, 1.82) is 0 Å². The smallest absolute Gasteiger partial charge is 0.410 e. The van der Waals surface area contributed by atoms with Gasteiger partial charge in [-0.15, -0.1) is 11.3 Å². The number of aryl methyl sites for hydroxylation is 3. The Morgan fingerprint density at radius 3 is 2.15 bits per heavy atom. The van der Waals surface area contributed by atoms with E-state index >= 15 is 0 Å². The summed E-state index contributed by atoms with van der Waals surface area (Å²) in [5.41, 5.74) is 4.73. The Labute approximate surface area is 338 Å². The van der Waals surface area contributed by atoms with E-state index in [1.165, 1.54) is 26.6 Å². The second-order valence-electron chi connectivity index (χ2n) is 16.2. The summed E-state index contributed by atoms with van der Waals surface area (Å²) in [4.78, 5) is 41.4. The second kappa shape index (κ2) is 17.8. The van der Waals surface area contributed by atoms with E-state index in [2.05, 4.69) is 78.4 Å². The summed E-state index contributed by atoms with van der Waals surface area (Å²) in [7, 11) is 0. The van der Waals surface area contributed by atoms with E-state index in [1.54, 1.807) is 16.2 Å². The van der Waals surface area contributed by atoms with Crippen molar-refractivity contribution in [2.45, 2.75) is 117 Å². The predicted octanol–water partition coefficient (Wildman–Crippen LogP) is 10.8. The van der Waals surface area contributed by atoms with Gasteiger partial charge in [-0.1, -0.05) is 42.0 Å². The molecular weight excluding hydrogens is 735 g/mol. The average molecular weight is 792 g/mol. The van der Waals surface area contributed by atoms with Crippen LogP contribution in [0.2, 0.25) is 0 Å². The van der Waals surface area contributed by atoms with Crippen LogP contribution in [0.5, 0.6) is 0 Å². The maximum atomic E-state index is 12.6. The number of nitrogens with one attached hydrogen (secondary N) is 1. The first-order valence-electron chi connectivity index (χ1n) is 18.5. The molecule has 0 saturated carbocycles.